The molecule has 2 atom stereocenters. The van der Waals surface area contributed by atoms with E-state index in [1.807, 2.05) is 0 Å². The number of hydrogen-bond donors (Lipinski definition) is 1. The number of nitrogens with two attached hydrogens (primary N) is 1. The van der Waals surface area contributed by atoms with Crippen molar-refractivity contribution < 1.29 is 12.8 Å². The molecule has 22 heavy (non-hydrogen) atoms. The Morgan fingerprint density at radius 2 is 2.18 bits per heavy atom. The largest absolute Gasteiger partial charge is 0.326 e. The zero-order valence-corrected chi connectivity index (χ0v) is 12.6. The molecule has 0 spiro atoms. The van der Waals surface area contributed by atoms with E-state index in [-0.39, 0.29) is 23.8 Å². The van der Waals surface area contributed by atoms with Gasteiger partial charge in [-0.25, -0.2) is 12.8 Å². The number of aromatic nitrogens is 4. The summed E-state index contributed by atoms with van der Waals surface area (Å²) in [5.74, 6) is -0.977. The van der Waals surface area contributed by atoms with Crippen molar-refractivity contribution in [2.24, 2.45) is 12.8 Å². The van der Waals surface area contributed by atoms with E-state index in [9.17, 15) is 12.8 Å². The van der Waals surface area contributed by atoms with Crippen LogP contribution >= 0.6 is 0 Å². The lowest BCUT2D eigenvalue weighted by Crippen LogP contribution is -2.32. The first-order valence-electron chi connectivity index (χ1n) is 6.62. The highest BCUT2D eigenvalue weighted by molar-refractivity contribution is 7.89. The number of halogens is 1. The lowest BCUT2D eigenvalue weighted by Gasteiger charge is -2.14. The Balaban J connectivity index is 1.89. The van der Waals surface area contributed by atoms with E-state index in [1.165, 1.54) is 33.5 Å². The molecular weight excluding hydrogens is 311 g/mol. The summed E-state index contributed by atoms with van der Waals surface area (Å²) in [5.41, 5.74) is 6.18. The minimum absolute atomic E-state index is 0.0635. The molecule has 8 nitrogen and oxygen atoms in total. The highest BCUT2D eigenvalue weighted by atomic mass is 32.2. The van der Waals surface area contributed by atoms with Gasteiger partial charge in [0, 0.05) is 38.3 Å². The third-order valence-corrected chi connectivity index (χ3v) is 5.35. The van der Waals surface area contributed by atoms with Gasteiger partial charge in [0.15, 0.2) is 0 Å². The third-order valence-electron chi connectivity index (χ3n) is 3.66. The van der Waals surface area contributed by atoms with Gasteiger partial charge in [0.2, 0.25) is 5.03 Å². The van der Waals surface area contributed by atoms with Gasteiger partial charge < -0.3 is 5.73 Å². The van der Waals surface area contributed by atoms with Crippen molar-refractivity contribution in [1.82, 2.24) is 24.3 Å². The average molecular weight is 326 g/mol. The second-order valence-corrected chi connectivity index (χ2v) is 7.08. The van der Waals surface area contributed by atoms with Gasteiger partial charge in [-0.1, -0.05) is 5.21 Å². The summed E-state index contributed by atoms with van der Waals surface area (Å²) in [7, 11) is -2.22. The number of pyridine rings is 1. The predicted molar refractivity (Wildman–Crippen MR) is 74.7 cm³/mol. The Bertz CT molecular complexity index is 792. The SMILES string of the molecule is Cn1cc(S(=O)(=O)N2CC(N)C(c3ncccc3F)C2)nn1. The summed E-state index contributed by atoms with van der Waals surface area (Å²) in [6.45, 7) is 0.146. The van der Waals surface area contributed by atoms with E-state index in [2.05, 4.69) is 15.3 Å². The Labute approximate surface area is 126 Å². The molecule has 0 saturated carbocycles. The van der Waals surface area contributed by atoms with E-state index in [1.54, 1.807) is 7.05 Å². The number of aryl methyl sites for hydroxylation is 1. The van der Waals surface area contributed by atoms with Crippen molar-refractivity contribution in [1.29, 1.82) is 0 Å². The van der Waals surface area contributed by atoms with Crippen LogP contribution in [0.4, 0.5) is 4.39 Å². The second-order valence-electron chi connectivity index (χ2n) is 5.19. The van der Waals surface area contributed by atoms with Crippen LogP contribution in [-0.4, -0.2) is 51.8 Å². The standard InChI is InChI=1S/C12H15FN6O2S/c1-18-7-11(16-17-18)22(20,21)19-5-8(10(14)6-19)12-9(13)3-2-4-15-12/h2-4,7-8,10H,5-6,14H2,1H3. The quantitative estimate of drug-likeness (QED) is 0.812. The molecule has 2 unspecified atom stereocenters. The fraction of sp³-hybridized carbons (Fsp3) is 0.417. The topological polar surface area (TPSA) is 107 Å². The Morgan fingerprint density at radius 1 is 1.41 bits per heavy atom. The van der Waals surface area contributed by atoms with Gasteiger partial charge in [0.05, 0.1) is 11.9 Å². The maximum Gasteiger partial charge on any atom is 0.264 e. The van der Waals surface area contributed by atoms with Crippen LogP contribution < -0.4 is 5.73 Å². The van der Waals surface area contributed by atoms with Crippen molar-refractivity contribution in [3.05, 3.63) is 36.0 Å². The molecule has 1 aliphatic rings. The minimum atomic E-state index is -3.80. The molecule has 10 heteroatoms. The molecule has 3 rings (SSSR count). The fourth-order valence-corrected chi connectivity index (χ4v) is 3.94. The van der Waals surface area contributed by atoms with E-state index in [0.29, 0.717) is 0 Å². The zero-order chi connectivity index (χ0) is 15.9. The molecule has 0 bridgehead atoms. The first kappa shape index (κ1) is 15.0. The molecule has 2 aromatic rings. The summed E-state index contributed by atoms with van der Waals surface area (Å²) in [4.78, 5) is 4.00. The summed E-state index contributed by atoms with van der Waals surface area (Å²) >= 11 is 0. The van der Waals surface area contributed by atoms with Gasteiger partial charge in [-0.05, 0) is 12.1 Å². The van der Waals surface area contributed by atoms with E-state index in [0.717, 1.165) is 0 Å². The van der Waals surface area contributed by atoms with Crippen molar-refractivity contribution >= 4 is 10.0 Å². The molecule has 1 aliphatic heterocycles. The first-order valence-corrected chi connectivity index (χ1v) is 8.06. The van der Waals surface area contributed by atoms with Crippen LogP contribution in [-0.2, 0) is 17.1 Å². The second kappa shape index (κ2) is 5.38. The summed E-state index contributed by atoms with van der Waals surface area (Å²) < 4.78 is 41.3. The first-order chi connectivity index (χ1) is 10.4. The molecule has 118 valence electrons. The fourth-order valence-electron chi connectivity index (χ4n) is 2.52. The summed E-state index contributed by atoms with van der Waals surface area (Å²) in [6.07, 6.45) is 2.78. The van der Waals surface area contributed by atoms with Crippen molar-refractivity contribution in [3.63, 3.8) is 0 Å². The monoisotopic (exact) mass is 326 g/mol. The molecule has 0 aromatic carbocycles. The van der Waals surface area contributed by atoms with Crippen LogP contribution in [0.25, 0.3) is 0 Å². The van der Waals surface area contributed by atoms with E-state index >= 15 is 0 Å². The number of nitrogens with zero attached hydrogens (tertiary/aromatic N) is 5. The Hall–Kier alpha value is -1.91. The van der Waals surface area contributed by atoms with Crippen LogP contribution in [0.15, 0.2) is 29.6 Å². The number of hydrogen-bond acceptors (Lipinski definition) is 6. The molecular formula is C12H15FN6O2S. The van der Waals surface area contributed by atoms with E-state index in [4.69, 9.17) is 5.73 Å². The zero-order valence-electron chi connectivity index (χ0n) is 11.8. The lowest BCUT2D eigenvalue weighted by molar-refractivity contribution is 0.465. The van der Waals surface area contributed by atoms with Gasteiger partial charge in [-0.2, -0.15) is 4.31 Å². The van der Waals surface area contributed by atoms with Gasteiger partial charge in [-0.3, -0.25) is 9.67 Å². The van der Waals surface area contributed by atoms with Gasteiger partial charge in [0.25, 0.3) is 10.0 Å². The van der Waals surface area contributed by atoms with Crippen LogP contribution in [0.1, 0.15) is 11.6 Å². The highest BCUT2D eigenvalue weighted by Gasteiger charge is 2.41. The maximum atomic E-state index is 13.9. The molecule has 0 amide bonds. The number of rotatable bonds is 3. The van der Waals surface area contributed by atoms with Gasteiger partial charge in [0.1, 0.15) is 5.82 Å². The number of sulfonamides is 1. The normalized spacial score (nSPS) is 23.0. The Kier molecular flexibility index (Phi) is 3.67. The summed E-state index contributed by atoms with van der Waals surface area (Å²) in [6, 6.07) is 2.23. The molecule has 3 heterocycles. The third kappa shape index (κ3) is 2.49. The average Bonchev–Trinajstić information content (AvgIpc) is 3.06. The van der Waals surface area contributed by atoms with Crippen LogP contribution in [0, 0.1) is 5.82 Å². The molecule has 2 aromatic heterocycles. The van der Waals surface area contributed by atoms with Gasteiger partial charge >= 0.3 is 0 Å². The molecule has 0 aliphatic carbocycles. The molecule has 1 saturated heterocycles. The van der Waals surface area contributed by atoms with Crippen LogP contribution in [0.2, 0.25) is 0 Å². The lowest BCUT2D eigenvalue weighted by atomic mass is 9.99. The van der Waals surface area contributed by atoms with Gasteiger partial charge in [-0.15, -0.1) is 5.10 Å². The van der Waals surface area contributed by atoms with Crippen molar-refractivity contribution in [2.75, 3.05) is 13.1 Å². The molecule has 1 fully saturated rings. The van der Waals surface area contributed by atoms with Crippen molar-refractivity contribution in [2.45, 2.75) is 17.0 Å². The highest BCUT2D eigenvalue weighted by Crippen LogP contribution is 2.30. The van der Waals surface area contributed by atoms with Crippen LogP contribution in [0.5, 0.6) is 0 Å². The summed E-state index contributed by atoms with van der Waals surface area (Å²) in [5, 5.41) is 7.10. The van der Waals surface area contributed by atoms with Crippen molar-refractivity contribution in [3.8, 4) is 0 Å². The van der Waals surface area contributed by atoms with Crippen LogP contribution in [0.3, 0.4) is 0 Å². The smallest absolute Gasteiger partial charge is 0.264 e. The maximum absolute atomic E-state index is 13.9. The minimum Gasteiger partial charge on any atom is -0.326 e. The Morgan fingerprint density at radius 3 is 2.82 bits per heavy atom. The predicted octanol–water partition coefficient (Wildman–Crippen LogP) is -0.535. The van der Waals surface area contributed by atoms with E-state index < -0.39 is 27.8 Å². The molecule has 2 N–H and O–H groups in total. The molecule has 0 radical (unpaired) electrons.